The molecule has 1 aliphatic heterocycles. The van der Waals surface area contributed by atoms with E-state index in [-0.39, 0.29) is 5.91 Å². The van der Waals surface area contributed by atoms with Gasteiger partial charge in [0.1, 0.15) is 5.82 Å². The van der Waals surface area contributed by atoms with E-state index in [9.17, 15) is 4.79 Å². The summed E-state index contributed by atoms with van der Waals surface area (Å²) in [5.41, 5.74) is 1.42. The molecule has 5 nitrogen and oxygen atoms in total. The third-order valence-electron chi connectivity index (χ3n) is 4.83. The van der Waals surface area contributed by atoms with Gasteiger partial charge in [-0.05, 0) is 43.9 Å². The lowest BCUT2D eigenvalue weighted by molar-refractivity contribution is -0.125. The highest BCUT2D eigenvalue weighted by Gasteiger charge is 2.36. The number of hydrogen-bond donors (Lipinski definition) is 0. The normalized spacial score (nSPS) is 20.2. The van der Waals surface area contributed by atoms with Gasteiger partial charge >= 0.3 is 0 Å². The van der Waals surface area contributed by atoms with Gasteiger partial charge in [-0.15, -0.1) is 10.2 Å². The van der Waals surface area contributed by atoms with Gasteiger partial charge in [0, 0.05) is 26.1 Å². The molecule has 1 aromatic rings. The minimum atomic E-state index is 0.124. The van der Waals surface area contributed by atoms with Crippen LogP contribution in [0.1, 0.15) is 43.8 Å². The smallest absolute Gasteiger partial charge is 0.246 e. The van der Waals surface area contributed by atoms with Crippen LogP contribution in [0.2, 0.25) is 0 Å². The molecule has 1 amide bonds. The number of carbonyl (C=O) groups is 1. The molecule has 21 heavy (non-hydrogen) atoms. The number of aryl methyl sites for hydroxylation is 1. The van der Waals surface area contributed by atoms with Crippen LogP contribution in [0.3, 0.4) is 0 Å². The van der Waals surface area contributed by atoms with Crippen LogP contribution >= 0.6 is 0 Å². The third-order valence-corrected chi connectivity index (χ3v) is 4.83. The van der Waals surface area contributed by atoms with Crippen LogP contribution in [0.15, 0.2) is 11.6 Å². The third kappa shape index (κ3) is 2.61. The summed E-state index contributed by atoms with van der Waals surface area (Å²) in [5, 5.41) is 8.44. The van der Waals surface area contributed by atoms with Gasteiger partial charge < -0.3 is 9.47 Å². The average Bonchev–Trinajstić information content (AvgIpc) is 3.38. The maximum absolute atomic E-state index is 12.4. The van der Waals surface area contributed by atoms with E-state index in [1.54, 1.807) is 4.90 Å². The minimum Gasteiger partial charge on any atom is -0.335 e. The zero-order chi connectivity index (χ0) is 14.4. The van der Waals surface area contributed by atoms with Crippen molar-refractivity contribution >= 4 is 5.91 Å². The fourth-order valence-electron chi connectivity index (χ4n) is 3.27. The van der Waals surface area contributed by atoms with E-state index in [1.165, 1.54) is 31.3 Å². The highest BCUT2D eigenvalue weighted by atomic mass is 16.2. The largest absolute Gasteiger partial charge is 0.335 e. The summed E-state index contributed by atoms with van der Waals surface area (Å²) in [4.78, 5) is 14.2. The molecule has 2 fully saturated rings. The Morgan fingerprint density at radius 3 is 2.67 bits per heavy atom. The van der Waals surface area contributed by atoms with Crippen molar-refractivity contribution in [2.45, 2.75) is 51.6 Å². The molecule has 0 spiro atoms. The Bertz CT molecular complexity index is 581. The number of likely N-dealkylation sites (N-methyl/N-ethyl adjacent to an activating group) is 1. The molecule has 0 radical (unpaired) electrons. The van der Waals surface area contributed by atoms with Crippen molar-refractivity contribution < 1.29 is 4.79 Å². The standard InChI is InChI=1S/C16H22N4O/c1-19(10-15-18-17-14-3-2-8-20(14)15)16(21)9-13(11-4-5-11)12-6-7-12/h9,11-12H,2-8,10H2,1H3. The van der Waals surface area contributed by atoms with Gasteiger partial charge in [-0.25, -0.2) is 0 Å². The summed E-state index contributed by atoms with van der Waals surface area (Å²) < 4.78 is 2.16. The van der Waals surface area contributed by atoms with Crippen molar-refractivity contribution in [2.75, 3.05) is 7.05 Å². The van der Waals surface area contributed by atoms with Crippen molar-refractivity contribution in [3.05, 3.63) is 23.3 Å². The zero-order valence-corrected chi connectivity index (χ0v) is 12.6. The Morgan fingerprint density at radius 2 is 2.00 bits per heavy atom. The Hall–Kier alpha value is -1.65. The average molecular weight is 286 g/mol. The van der Waals surface area contributed by atoms with Crippen LogP contribution in [0, 0.1) is 11.8 Å². The molecule has 0 N–H and O–H groups in total. The van der Waals surface area contributed by atoms with Crippen molar-refractivity contribution in [2.24, 2.45) is 11.8 Å². The molecule has 0 bridgehead atoms. The van der Waals surface area contributed by atoms with E-state index in [2.05, 4.69) is 14.8 Å². The topological polar surface area (TPSA) is 51.0 Å². The SMILES string of the molecule is CN(Cc1nnc2n1CCC2)C(=O)C=C(C1CC1)C1CC1. The molecule has 4 rings (SSSR count). The second kappa shape index (κ2) is 4.97. The molecule has 0 atom stereocenters. The first kappa shape index (κ1) is 13.0. The Balaban J connectivity index is 1.45. The van der Waals surface area contributed by atoms with Crippen molar-refractivity contribution in [3.8, 4) is 0 Å². The van der Waals surface area contributed by atoms with Crippen LogP contribution in [0.5, 0.6) is 0 Å². The van der Waals surface area contributed by atoms with Gasteiger partial charge in [0.15, 0.2) is 5.82 Å². The monoisotopic (exact) mass is 286 g/mol. The molecule has 0 unspecified atom stereocenters. The number of carbonyl (C=O) groups excluding carboxylic acids is 1. The molecule has 5 heteroatoms. The summed E-state index contributed by atoms with van der Waals surface area (Å²) in [6, 6.07) is 0. The van der Waals surface area contributed by atoms with Crippen molar-refractivity contribution in [1.82, 2.24) is 19.7 Å². The number of fused-ring (bicyclic) bond motifs is 1. The van der Waals surface area contributed by atoms with E-state index in [4.69, 9.17) is 0 Å². The highest BCUT2D eigenvalue weighted by Crippen LogP contribution is 2.48. The van der Waals surface area contributed by atoms with Gasteiger partial charge in [0.05, 0.1) is 6.54 Å². The number of hydrogen-bond acceptors (Lipinski definition) is 3. The van der Waals surface area contributed by atoms with Crippen LogP contribution in [0.25, 0.3) is 0 Å². The van der Waals surface area contributed by atoms with Gasteiger partial charge in [0.25, 0.3) is 0 Å². The molecule has 0 saturated heterocycles. The van der Waals surface area contributed by atoms with E-state index < -0.39 is 0 Å². The molecule has 3 aliphatic rings. The lowest BCUT2D eigenvalue weighted by atomic mass is 10.1. The van der Waals surface area contributed by atoms with Gasteiger partial charge in [-0.3, -0.25) is 4.79 Å². The molecule has 1 aromatic heterocycles. The number of aromatic nitrogens is 3. The summed E-state index contributed by atoms with van der Waals surface area (Å²) in [6.07, 6.45) is 9.17. The van der Waals surface area contributed by atoms with Crippen molar-refractivity contribution in [1.29, 1.82) is 0 Å². The summed E-state index contributed by atoms with van der Waals surface area (Å²) in [5.74, 6) is 3.52. The summed E-state index contributed by atoms with van der Waals surface area (Å²) in [7, 11) is 1.87. The molecule has 2 aliphatic carbocycles. The number of nitrogens with zero attached hydrogens (tertiary/aromatic N) is 4. The van der Waals surface area contributed by atoms with Crippen LogP contribution < -0.4 is 0 Å². The molecular formula is C16H22N4O. The van der Waals surface area contributed by atoms with Gasteiger partial charge in [0.2, 0.25) is 5.91 Å². The second-order valence-corrected chi connectivity index (χ2v) is 6.67. The van der Waals surface area contributed by atoms with Crippen LogP contribution in [0.4, 0.5) is 0 Å². The van der Waals surface area contributed by atoms with Crippen LogP contribution in [-0.2, 0) is 24.3 Å². The fourth-order valence-corrected chi connectivity index (χ4v) is 3.27. The molecular weight excluding hydrogens is 264 g/mol. The number of amides is 1. The van der Waals surface area contributed by atoms with E-state index in [1.807, 2.05) is 13.1 Å². The summed E-state index contributed by atoms with van der Waals surface area (Å²) >= 11 is 0. The maximum atomic E-state index is 12.4. The first-order valence-corrected chi connectivity index (χ1v) is 8.10. The highest BCUT2D eigenvalue weighted by molar-refractivity contribution is 5.88. The predicted octanol–water partition coefficient (Wildman–Crippen LogP) is 1.93. The predicted molar refractivity (Wildman–Crippen MR) is 78.3 cm³/mol. The Morgan fingerprint density at radius 1 is 1.29 bits per heavy atom. The van der Waals surface area contributed by atoms with Gasteiger partial charge in [-0.1, -0.05) is 5.57 Å². The number of rotatable bonds is 5. The molecule has 0 aromatic carbocycles. The van der Waals surface area contributed by atoms with E-state index in [0.29, 0.717) is 18.4 Å². The maximum Gasteiger partial charge on any atom is 0.246 e. The molecule has 2 heterocycles. The lowest BCUT2D eigenvalue weighted by Crippen LogP contribution is -2.26. The Labute approximate surface area is 125 Å². The first-order chi connectivity index (χ1) is 10.2. The second-order valence-electron chi connectivity index (χ2n) is 6.67. The molecule has 112 valence electrons. The van der Waals surface area contributed by atoms with E-state index in [0.717, 1.165) is 31.0 Å². The molecule has 2 saturated carbocycles. The van der Waals surface area contributed by atoms with Gasteiger partial charge in [-0.2, -0.15) is 0 Å². The minimum absolute atomic E-state index is 0.124. The van der Waals surface area contributed by atoms with Crippen LogP contribution in [-0.4, -0.2) is 32.6 Å². The first-order valence-electron chi connectivity index (χ1n) is 8.10. The summed E-state index contributed by atoms with van der Waals surface area (Å²) in [6.45, 7) is 1.55. The van der Waals surface area contributed by atoms with E-state index >= 15 is 0 Å². The number of allylic oxidation sites excluding steroid dienone is 1. The lowest BCUT2D eigenvalue weighted by Gasteiger charge is -2.16. The Kier molecular flexibility index (Phi) is 3.08. The quantitative estimate of drug-likeness (QED) is 0.777. The fraction of sp³-hybridized carbons (Fsp3) is 0.688. The van der Waals surface area contributed by atoms with Crippen molar-refractivity contribution in [3.63, 3.8) is 0 Å². The zero-order valence-electron chi connectivity index (χ0n) is 12.6.